The number of primary amides is 1. The Morgan fingerprint density at radius 3 is 2.55 bits per heavy atom. The van der Waals surface area contributed by atoms with Crippen LogP contribution in [0.1, 0.15) is 44.5 Å². The van der Waals surface area contributed by atoms with Crippen LogP contribution >= 0.6 is 11.3 Å². The van der Waals surface area contributed by atoms with Crippen LogP contribution in [0.5, 0.6) is 0 Å². The first-order valence-electron chi connectivity index (χ1n) is 9.45. The van der Waals surface area contributed by atoms with E-state index in [1.165, 1.54) is 11.3 Å². The van der Waals surface area contributed by atoms with E-state index < -0.39 is 24.4 Å². The third-order valence-corrected chi connectivity index (χ3v) is 6.13. The van der Waals surface area contributed by atoms with E-state index in [-0.39, 0.29) is 0 Å². The van der Waals surface area contributed by atoms with E-state index >= 15 is 0 Å². The largest absolute Gasteiger partial charge is 0.452 e. The highest BCUT2D eigenvalue weighted by Gasteiger charge is 2.27. The maximum atomic E-state index is 12.3. The Balaban J connectivity index is 1.64. The number of nitrogens with two attached hydrogens (primary N) is 1. The summed E-state index contributed by atoms with van der Waals surface area (Å²) >= 11 is 1.38. The number of carbonyl (C=O) groups is 3. The Bertz CT molecular complexity index is 934. The predicted octanol–water partition coefficient (Wildman–Crippen LogP) is 2.83. The topological polar surface area (TPSA) is 102 Å². The minimum Gasteiger partial charge on any atom is -0.452 e. The minimum atomic E-state index is -0.583. The van der Waals surface area contributed by atoms with E-state index in [0.717, 1.165) is 35.4 Å². The molecule has 2 amide bonds. The number of rotatable bonds is 6. The molecule has 0 fully saturated rings. The number of nitrogens with zero attached hydrogens (tertiary/aromatic N) is 1. The van der Waals surface area contributed by atoms with Crippen LogP contribution in [0.25, 0.3) is 0 Å². The minimum absolute atomic E-state index is 0.363. The molecule has 2 aromatic rings. The van der Waals surface area contributed by atoms with Gasteiger partial charge < -0.3 is 20.7 Å². The van der Waals surface area contributed by atoms with Crippen molar-refractivity contribution >= 4 is 39.8 Å². The molecule has 0 unspecified atom stereocenters. The van der Waals surface area contributed by atoms with Gasteiger partial charge in [-0.25, -0.2) is 4.79 Å². The lowest BCUT2D eigenvalue weighted by Gasteiger charge is -2.18. The molecule has 1 aromatic carbocycles. The van der Waals surface area contributed by atoms with Crippen molar-refractivity contribution in [3.63, 3.8) is 0 Å². The SMILES string of the molecule is C[C@@H]1CCc2c(sc(NC(=O)COC(=O)c3ccc(N(C)C)cc3)c2C(N)=O)C1. The fraction of sp³-hybridized carbons (Fsp3) is 0.381. The number of carbonyl (C=O) groups excluding carboxylic acids is 3. The van der Waals surface area contributed by atoms with Crippen LogP contribution in [0.3, 0.4) is 0 Å². The Morgan fingerprint density at radius 2 is 1.93 bits per heavy atom. The predicted molar refractivity (Wildman–Crippen MR) is 114 cm³/mol. The molecule has 29 heavy (non-hydrogen) atoms. The van der Waals surface area contributed by atoms with Crippen LogP contribution in [0, 0.1) is 5.92 Å². The van der Waals surface area contributed by atoms with Crippen molar-refractivity contribution in [3.8, 4) is 0 Å². The fourth-order valence-corrected chi connectivity index (χ4v) is 4.80. The third kappa shape index (κ3) is 4.76. The van der Waals surface area contributed by atoms with Gasteiger partial charge in [-0.3, -0.25) is 9.59 Å². The van der Waals surface area contributed by atoms with Crippen LogP contribution in [-0.4, -0.2) is 38.5 Å². The number of esters is 1. The number of hydrogen-bond acceptors (Lipinski definition) is 6. The van der Waals surface area contributed by atoms with Gasteiger partial charge in [0.1, 0.15) is 5.00 Å². The summed E-state index contributed by atoms with van der Waals surface area (Å²) in [5.74, 6) is -1.10. The first-order chi connectivity index (χ1) is 13.8. The molecular weight excluding hydrogens is 390 g/mol. The molecule has 0 saturated heterocycles. The van der Waals surface area contributed by atoms with E-state index in [1.54, 1.807) is 24.3 Å². The molecule has 0 aliphatic heterocycles. The summed E-state index contributed by atoms with van der Waals surface area (Å²) in [6.07, 6.45) is 2.63. The maximum absolute atomic E-state index is 12.3. The average Bonchev–Trinajstić information content (AvgIpc) is 3.03. The van der Waals surface area contributed by atoms with E-state index in [1.807, 2.05) is 19.0 Å². The quantitative estimate of drug-likeness (QED) is 0.707. The van der Waals surface area contributed by atoms with Gasteiger partial charge in [0.05, 0.1) is 11.1 Å². The van der Waals surface area contributed by atoms with Gasteiger partial charge in [-0.05, 0) is 55.0 Å². The van der Waals surface area contributed by atoms with Crippen molar-refractivity contribution in [2.45, 2.75) is 26.2 Å². The van der Waals surface area contributed by atoms with Gasteiger partial charge in [-0.1, -0.05) is 6.92 Å². The van der Waals surface area contributed by atoms with Gasteiger partial charge in [0.25, 0.3) is 11.8 Å². The number of benzene rings is 1. The van der Waals surface area contributed by atoms with Crippen LogP contribution in [0.2, 0.25) is 0 Å². The molecular formula is C21H25N3O4S. The molecule has 0 bridgehead atoms. The molecule has 8 heteroatoms. The first-order valence-corrected chi connectivity index (χ1v) is 10.3. The lowest BCUT2D eigenvalue weighted by atomic mass is 9.88. The molecule has 0 saturated carbocycles. The molecule has 3 N–H and O–H groups in total. The second-order valence-electron chi connectivity index (χ2n) is 7.49. The van der Waals surface area contributed by atoms with Crippen LogP contribution < -0.4 is 16.0 Å². The molecule has 154 valence electrons. The molecule has 3 rings (SSSR count). The number of thiophene rings is 1. The summed E-state index contributed by atoms with van der Waals surface area (Å²) < 4.78 is 5.11. The summed E-state index contributed by atoms with van der Waals surface area (Å²) in [5.41, 5.74) is 8.19. The average molecular weight is 416 g/mol. The van der Waals surface area contributed by atoms with Crippen LogP contribution in [0.15, 0.2) is 24.3 Å². The van der Waals surface area contributed by atoms with Crippen LogP contribution in [-0.2, 0) is 22.4 Å². The van der Waals surface area contributed by atoms with Gasteiger partial charge in [-0.15, -0.1) is 11.3 Å². The lowest BCUT2D eigenvalue weighted by molar-refractivity contribution is -0.119. The molecule has 1 aliphatic carbocycles. The smallest absolute Gasteiger partial charge is 0.338 e. The molecule has 1 atom stereocenters. The highest BCUT2D eigenvalue weighted by molar-refractivity contribution is 7.17. The Kier molecular flexibility index (Phi) is 6.22. The van der Waals surface area contributed by atoms with Crippen LogP contribution in [0.4, 0.5) is 10.7 Å². The third-order valence-electron chi connectivity index (χ3n) is 4.96. The zero-order valence-corrected chi connectivity index (χ0v) is 17.6. The number of amides is 2. The highest BCUT2D eigenvalue weighted by Crippen LogP contribution is 2.39. The number of fused-ring (bicyclic) bond motifs is 1. The zero-order valence-electron chi connectivity index (χ0n) is 16.8. The number of anilines is 2. The van der Waals surface area contributed by atoms with Gasteiger partial charge in [0, 0.05) is 24.7 Å². The number of nitrogens with one attached hydrogen (secondary N) is 1. The second kappa shape index (κ2) is 8.65. The summed E-state index contributed by atoms with van der Waals surface area (Å²) in [6.45, 7) is 1.72. The Labute approximate surface area is 173 Å². The van der Waals surface area contributed by atoms with Crippen molar-refractivity contribution in [1.82, 2.24) is 0 Å². The van der Waals surface area contributed by atoms with Crippen molar-refractivity contribution < 1.29 is 19.1 Å². The first kappa shape index (κ1) is 20.9. The van der Waals surface area contributed by atoms with Crippen molar-refractivity contribution in [2.24, 2.45) is 11.7 Å². The van der Waals surface area contributed by atoms with E-state index in [4.69, 9.17) is 10.5 Å². The molecule has 7 nitrogen and oxygen atoms in total. The summed E-state index contributed by atoms with van der Waals surface area (Å²) in [7, 11) is 3.81. The van der Waals surface area contributed by atoms with Gasteiger partial charge in [-0.2, -0.15) is 0 Å². The van der Waals surface area contributed by atoms with Crippen molar-refractivity contribution in [2.75, 3.05) is 30.9 Å². The molecule has 0 radical (unpaired) electrons. The summed E-state index contributed by atoms with van der Waals surface area (Å²) in [5, 5.41) is 3.13. The number of ether oxygens (including phenoxy) is 1. The van der Waals surface area contributed by atoms with Crippen molar-refractivity contribution in [3.05, 3.63) is 45.8 Å². The van der Waals surface area contributed by atoms with Gasteiger partial charge in [0.15, 0.2) is 6.61 Å². The summed E-state index contributed by atoms with van der Waals surface area (Å²) in [6, 6.07) is 6.89. The zero-order chi connectivity index (χ0) is 21.1. The highest BCUT2D eigenvalue weighted by atomic mass is 32.1. The monoisotopic (exact) mass is 415 g/mol. The number of hydrogen-bond donors (Lipinski definition) is 2. The molecule has 1 heterocycles. The molecule has 1 aromatic heterocycles. The van der Waals surface area contributed by atoms with Gasteiger partial charge >= 0.3 is 5.97 Å². The molecule has 0 spiro atoms. The lowest BCUT2D eigenvalue weighted by Crippen LogP contribution is -2.23. The van der Waals surface area contributed by atoms with E-state index in [2.05, 4.69) is 12.2 Å². The molecule has 1 aliphatic rings. The van der Waals surface area contributed by atoms with E-state index in [0.29, 0.717) is 22.0 Å². The Morgan fingerprint density at radius 1 is 1.24 bits per heavy atom. The fourth-order valence-electron chi connectivity index (χ4n) is 3.37. The summed E-state index contributed by atoms with van der Waals surface area (Å²) in [4.78, 5) is 39.4. The Hall–Kier alpha value is -2.87. The van der Waals surface area contributed by atoms with Crippen molar-refractivity contribution in [1.29, 1.82) is 0 Å². The van der Waals surface area contributed by atoms with E-state index in [9.17, 15) is 14.4 Å². The second-order valence-corrected chi connectivity index (χ2v) is 8.59. The standard InChI is InChI=1S/C21H25N3O4S/c1-12-4-9-15-16(10-12)29-20(18(15)19(22)26)23-17(25)11-28-21(27)13-5-7-14(8-6-13)24(2)3/h5-8,12H,4,9-11H2,1-3H3,(H2,22,26)(H,23,25)/t12-/m1/s1. The normalized spacial score (nSPS) is 15.3. The van der Waals surface area contributed by atoms with Gasteiger partial charge in [0.2, 0.25) is 0 Å². The maximum Gasteiger partial charge on any atom is 0.338 e.